The summed E-state index contributed by atoms with van der Waals surface area (Å²) in [6.07, 6.45) is 11.5. The van der Waals surface area contributed by atoms with Gasteiger partial charge >= 0.3 is 0 Å². The van der Waals surface area contributed by atoms with Gasteiger partial charge in [-0.25, -0.2) is 0 Å². The standard InChI is InChI=1S/C10H17O2/c11-9-7-5-3-1-2-4-6-8-10-12/h5,7,12H,1-4,6,8,10H2. The molecule has 0 amide bonds. The van der Waals surface area contributed by atoms with Crippen LogP contribution in [0.25, 0.3) is 0 Å². The fraction of sp³-hybridized carbons (Fsp3) is 0.700. The van der Waals surface area contributed by atoms with Gasteiger partial charge in [0, 0.05) is 6.61 Å². The van der Waals surface area contributed by atoms with Crippen LogP contribution in [-0.2, 0) is 4.79 Å². The first-order valence-corrected chi connectivity index (χ1v) is 4.55. The van der Waals surface area contributed by atoms with Gasteiger partial charge in [-0.15, -0.1) is 0 Å². The Morgan fingerprint density at radius 2 is 1.75 bits per heavy atom. The second-order valence-electron chi connectivity index (χ2n) is 2.80. The molecule has 0 aromatic carbocycles. The molecule has 0 aliphatic carbocycles. The average Bonchev–Trinajstić information content (AvgIpc) is 2.10. The molecule has 0 aliphatic heterocycles. The molecule has 0 unspecified atom stereocenters. The molecule has 1 radical (unpaired) electrons. The van der Waals surface area contributed by atoms with Crippen molar-refractivity contribution in [3.05, 3.63) is 12.2 Å². The van der Waals surface area contributed by atoms with E-state index >= 15 is 0 Å². The number of carbonyl (C=O) groups excluding carboxylic acids is 1. The van der Waals surface area contributed by atoms with Crippen molar-refractivity contribution in [3.63, 3.8) is 0 Å². The van der Waals surface area contributed by atoms with E-state index in [0.29, 0.717) is 6.61 Å². The minimum atomic E-state index is 0.306. The molecule has 2 nitrogen and oxygen atoms in total. The van der Waals surface area contributed by atoms with Crippen LogP contribution in [0.3, 0.4) is 0 Å². The van der Waals surface area contributed by atoms with Crippen molar-refractivity contribution in [1.29, 1.82) is 0 Å². The Labute approximate surface area is 74.3 Å². The highest BCUT2D eigenvalue weighted by Crippen LogP contribution is 2.04. The summed E-state index contributed by atoms with van der Waals surface area (Å²) in [6, 6.07) is 0. The lowest BCUT2D eigenvalue weighted by molar-refractivity contribution is 0.282. The molecule has 12 heavy (non-hydrogen) atoms. The zero-order valence-corrected chi connectivity index (χ0v) is 7.46. The van der Waals surface area contributed by atoms with Crippen LogP contribution in [0.1, 0.15) is 38.5 Å². The van der Waals surface area contributed by atoms with E-state index in [9.17, 15) is 4.79 Å². The van der Waals surface area contributed by atoms with Gasteiger partial charge in [0.05, 0.1) is 0 Å². The van der Waals surface area contributed by atoms with Crippen molar-refractivity contribution >= 4 is 6.29 Å². The van der Waals surface area contributed by atoms with Crippen molar-refractivity contribution in [2.75, 3.05) is 6.61 Å². The van der Waals surface area contributed by atoms with E-state index < -0.39 is 0 Å². The first kappa shape index (κ1) is 11.4. The van der Waals surface area contributed by atoms with Crippen LogP contribution in [-0.4, -0.2) is 18.0 Å². The van der Waals surface area contributed by atoms with Gasteiger partial charge in [-0.1, -0.05) is 25.3 Å². The number of hydrogen-bond donors (Lipinski definition) is 1. The number of aliphatic hydroxyl groups is 1. The molecule has 0 heterocycles. The Morgan fingerprint density at radius 3 is 2.42 bits per heavy atom. The summed E-state index contributed by atoms with van der Waals surface area (Å²) in [5.41, 5.74) is 0. The van der Waals surface area contributed by atoms with Crippen LogP contribution in [0.5, 0.6) is 0 Å². The van der Waals surface area contributed by atoms with Crippen LogP contribution in [0.15, 0.2) is 12.2 Å². The predicted molar refractivity (Wildman–Crippen MR) is 49.6 cm³/mol. The Bertz CT molecular complexity index is 119. The topological polar surface area (TPSA) is 37.3 Å². The maximum absolute atomic E-state index is 9.74. The minimum Gasteiger partial charge on any atom is -0.396 e. The third-order valence-corrected chi connectivity index (χ3v) is 1.71. The zero-order valence-electron chi connectivity index (χ0n) is 7.46. The molecule has 0 saturated carbocycles. The quantitative estimate of drug-likeness (QED) is 0.445. The lowest BCUT2D eigenvalue weighted by Gasteiger charge is -1.96. The number of rotatable bonds is 8. The second-order valence-corrected chi connectivity index (χ2v) is 2.80. The molecule has 0 spiro atoms. The second kappa shape index (κ2) is 10.4. The molecule has 69 valence electrons. The predicted octanol–water partition coefficient (Wildman–Crippen LogP) is 1.99. The number of hydrogen-bond acceptors (Lipinski definition) is 2. The van der Waals surface area contributed by atoms with E-state index in [0.717, 1.165) is 25.7 Å². The highest BCUT2D eigenvalue weighted by atomic mass is 16.2. The van der Waals surface area contributed by atoms with Crippen LogP contribution >= 0.6 is 0 Å². The molecule has 0 saturated heterocycles. The molecule has 0 atom stereocenters. The summed E-state index contributed by atoms with van der Waals surface area (Å²) in [6.45, 7) is 0.306. The normalized spacial score (nSPS) is 10.8. The van der Waals surface area contributed by atoms with Gasteiger partial charge in [0.15, 0.2) is 0 Å². The van der Waals surface area contributed by atoms with E-state index in [1.807, 2.05) is 6.08 Å². The summed E-state index contributed by atoms with van der Waals surface area (Å²) < 4.78 is 0. The maximum atomic E-state index is 9.74. The van der Waals surface area contributed by atoms with Gasteiger partial charge < -0.3 is 5.11 Å². The Morgan fingerprint density at radius 1 is 1.08 bits per heavy atom. The maximum Gasteiger partial charge on any atom is 0.225 e. The van der Waals surface area contributed by atoms with Crippen molar-refractivity contribution in [2.24, 2.45) is 0 Å². The smallest absolute Gasteiger partial charge is 0.225 e. The summed E-state index contributed by atoms with van der Waals surface area (Å²) >= 11 is 0. The number of allylic oxidation sites excluding steroid dienone is 2. The molecule has 2 heteroatoms. The Balaban J connectivity index is 2.90. The summed E-state index contributed by atoms with van der Waals surface area (Å²) in [4.78, 5) is 9.74. The lowest BCUT2D eigenvalue weighted by Crippen LogP contribution is -1.83. The van der Waals surface area contributed by atoms with Crippen molar-refractivity contribution in [3.8, 4) is 0 Å². The average molecular weight is 169 g/mol. The van der Waals surface area contributed by atoms with Gasteiger partial charge in [0.2, 0.25) is 6.29 Å². The van der Waals surface area contributed by atoms with Crippen molar-refractivity contribution in [1.82, 2.24) is 0 Å². The number of unbranched alkanes of at least 4 members (excludes halogenated alkanes) is 5. The highest BCUT2D eigenvalue weighted by molar-refractivity contribution is 5.65. The molecule has 0 aromatic heterocycles. The van der Waals surface area contributed by atoms with E-state index in [1.54, 1.807) is 6.29 Å². The third kappa shape index (κ3) is 9.37. The van der Waals surface area contributed by atoms with E-state index in [4.69, 9.17) is 5.11 Å². The SMILES string of the molecule is O=[C]C=CCCCCCCCO. The van der Waals surface area contributed by atoms with Crippen molar-refractivity contribution < 1.29 is 9.90 Å². The van der Waals surface area contributed by atoms with Crippen molar-refractivity contribution in [2.45, 2.75) is 38.5 Å². The molecular formula is C10H17O2. The molecule has 0 aliphatic rings. The van der Waals surface area contributed by atoms with Crippen LogP contribution in [0.4, 0.5) is 0 Å². The van der Waals surface area contributed by atoms with Gasteiger partial charge in [-0.3, -0.25) is 4.79 Å². The molecule has 0 aromatic rings. The third-order valence-electron chi connectivity index (χ3n) is 1.71. The molecule has 0 bridgehead atoms. The fourth-order valence-electron chi connectivity index (χ4n) is 1.04. The molecular weight excluding hydrogens is 152 g/mol. The van der Waals surface area contributed by atoms with Crippen LogP contribution < -0.4 is 0 Å². The van der Waals surface area contributed by atoms with Gasteiger partial charge in [0.1, 0.15) is 0 Å². The summed E-state index contributed by atoms with van der Waals surface area (Å²) in [5.74, 6) is 0. The molecule has 0 rings (SSSR count). The fourth-order valence-corrected chi connectivity index (χ4v) is 1.04. The highest BCUT2D eigenvalue weighted by Gasteiger charge is 1.87. The Kier molecular flexibility index (Phi) is 9.83. The van der Waals surface area contributed by atoms with E-state index in [1.165, 1.54) is 18.9 Å². The number of aliphatic hydroxyl groups excluding tert-OH is 1. The van der Waals surface area contributed by atoms with Crippen LogP contribution in [0, 0.1) is 0 Å². The first-order valence-electron chi connectivity index (χ1n) is 4.55. The van der Waals surface area contributed by atoms with Gasteiger partial charge in [-0.2, -0.15) is 0 Å². The van der Waals surface area contributed by atoms with Gasteiger partial charge in [-0.05, 0) is 25.3 Å². The van der Waals surface area contributed by atoms with Gasteiger partial charge in [0.25, 0.3) is 0 Å². The van der Waals surface area contributed by atoms with Crippen LogP contribution in [0.2, 0.25) is 0 Å². The summed E-state index contributed by atoms with van der Waals surface area (Å²) in [7, 11) is 0. The molecule has 0 fully saturated rings. The van der Waals surface area contributed by atoms with E-state index in [2.05, 4.69) is 0 Å². The minimum absolute atomic E-state index is 0.306. The summed E-state index contributed by atoms with van der Waals surface area (Å²) in [5, 5.41) is 8.48. The van der Waals surface area contributed by atoms with E-state index in [-0.39, 0.29) is 0 Å². The largest absolute Gasteiger partial charge is 0.396 e. The first-order chi connectivity index (χ1) is 5.91. The Hall–Kier alpha value is -0.630. The molecule has 1 N–H and O–H groups in total. The zero-order chi connectivity index (χ0) is 9.07. The monoisotopic (exact) mass is 169 g/mol. The lowest BCUT2D eigenvalue weighted by atomic mass is 10.1.